The summed E-state index contributed by atoms with van der Waals surface area (Å²) in [5, 5.41) is 2.85. The maximum absolute atomic E-state index is 13.4. The van der Waals surface area contributed by atoms with Gasteiger partial charge in [-0.2, -0.15) is 0 Å². The molecule has 0 spiro atoms. The van der Waals surface area contributed by atoms with Crippen LogP contribution in [0.2, 0.25) is 0 Å². The first-order valence-electron chi connectivity index (χ1n) is 9.12. The number of imidazole rings is 1. The molecule has 1 heterocycles. The number of benzene rings is 3. The van der Waals surface area contributed by atoms with E-state index in [0.29, 0.717) is 12.1 Å². The molecular weight excluding hydrogens is 353 g/mol. The van der Waals surface area contributed by atoms with Crippen LogP contribution in [0.25, 0.3) is 11.0 Å². The molecule has 28 heavy (non-hydrogen) atoms. The lowest BCUT2D eigenvalue weighted by molar-refractivity contribution is 0.0950. The van der Waals surface area contributed by atoms with Gasteiger partial charge < -0.3 is 9.88 Å². The van der Waals surface area contributed by atoms with Crippen molar-refractivity contribution < 1.29 is 9.18 Å². The molecule has 140 valence electrons. The monoisotopic (exact) mass is 373 g/mol. The van der Waals surface area contributed by atoms with Gasteiger partial charge in [-0.25, -0.2) is 9.37 Å². The molecule has 5 heteroatoms. The molecule has 0 saturated carbocycles. The molecule has 1 N–H and O–H groups in total. The minimum Gasteiger partial charge on any atom is -0.348 e. The summed E-state index contributed by atoms with van der Waals surface area (Å²) in [4.78, 5) is 16.7. The third-order valence-electron chi connectivity index (χ3n) is 4.80. The first kappa shape index (κ1) is 17.9. The van der Waals surface area contributed by atoms with Gasteiger partial charge in [0.25, 0.3) is 5.91 Å². The second-order valence-electron chi connectivity index (χ2n) is 6.82. The van der Waals surface area contributed by atoms with Crippen LogP contribution >= 0.6 is 0 Å². The number of fused-ring (bicyclic) bond motifs is 1. The summed E-state index contributed by atoms with van der Waals surface area (Å²) in [6.07, 6.45) is 1.85. The fraction of sp³-hybridized carbons (Fsp3) is 0.130. The smallest absolute Gasteiger partial charge is 0.251 e. The number of hydrogen-bond acceptors (Lipinski definition) is 2. The Balaban J connectivity index is 1.41. The lowest BCUT2D eigenvalue weighted by atomic mass is 10.1. The molecule has 4 nitrogen and oxygen atoms in total. The Morgan fingerprint density at radius 1 is 1.04 bits per heavy atom. The van der Waals surface area contributed by atoms with Gasteiger partial charge in [-0.3, -0.25) is 4.79 Å². The van der Waals surface area contributed by atoms with Gasteiger partial charge in [0.2, 0.25) is 0 Å². The van der Waals surface area contributed by atoms with Crippen molar-refractivity contribution in [3.05, 3.63) is 101 Å². The van der Waals surface area contributed by atoms with Gasteiger partial charge in [-0.05, 0) is 47.9 Å². The third kappa shape index (κ3) is 3.78. The molecule has 0 aliphatic carbocycles. The van der Waals surface area contributed by atoms with Crippen LogP contribution in [0.3, 0.4) is 0 Å². The summed E-state index contributed by atoms with van der Waals surface area (Å²) in [5.74, 6) is -0.682. The van der Waals surface area contributed by atoms with Crippen molar-refractivity contribution in [2.75, 3.05) is 0 Å². The van der Waals surface area contributed by atoms with E-state index in [9.17, 15) is 9.18 Å². The van der Waals surface area contributed by atoms with E-state index in [4.69, 9.17) is 0 Å². The molecular formula is C23H20FN3O. The molecule has 0 radical (unpaired) electrons. The minimum atomic E-state index is -0.410. The molecule has 4 rings (SSSR count). The summed E-state index contributed by atoms with van der Waals surface area (Å²) in [5.41, 5.74) is 5.34. The maximum atomic E-state index is 13.4. The molecule has 0 aliphatic heterocycles. The van der Waals surface area contributed by atoms with Gasteiger partial charge in [0, 0.05) is 18.7 Å². The Morgan fingerprint density at radius 2 is 1.79 bits per heavy atom. The van der Waals surface area contributed by atoms with E-state index in [1.54, 1.807) is 13.0 Å². The number of hydrogen-bond donors (Lipinski definition) is 1. The summed E-state index contributed by atoms with van der Waals surface area (Å²) in [6, 6.07) is 20.4. The van der Waals surface area contributed by atoms with E-state index in [1.165, 1.54) is 12.1 Å². The highest BCUT2D eigenvalue weighted by Crippen LogP contribution is 2.15. The zero-order valence-electron chi connectivity index (χ0n) is 15.5. The number of rotatable bonds is 5. The zero-order chi connectivity index (χ0) is 19.5. The number of carbonyl (C=O) groups is 1. The quantitative estimate of drug-likeness (QED) is 0.561. The number of halogens is 1. The SMILES string of the molecule is Cc1ccc(F)cc1C(=O)NCc1ccc(Cn2cnc3ccccc32)cc1. The number of amides is 1. The highest BCUT2D eigenvalue weighted by Gasteiger charge is 2.10. The first-order valence-corrected chi connectivity index (χ1v) is 9.12. The molecule has 0 saturated heterocycles. The van der Waals surface area contributed by atoms with Crippen LogP contribution in [0.1, 0.15) is 27.0 Å². The van der Waals surface area contributed by atoms with Gasteiger partial charge >= 0.3 is 0 Å². The van der Waals surface area contributed by atoms with Gasteiger partial charge in [-0.15, -0.1) is 0 Å². The lowest BCUT2D eigenvalue weighted by Crippen LogP contribution is -2.23. The number of carbonyl (C=O) groups excluding carboxylic acids is 1. The zero-order valence-corrected chi connectivity index (χ0v) is 15.5. The Bertz CT molecular complexity index is 1130. The highest BCUT2D eigenvalue weighted by atomic mass is 19.1. The maximum Gasteiger partial charge on any atom is 0.251 e. The summed E-state index contributed by atoms with van der Waals surface area (Å²) < 4.78 is 15.5. The molecule has 1 amide bonds. The Morgan fingerprint density at radius 3 is 2.61 bits per heavy atom. The van der Waals surface area contributed by atoms with E-state index >= 15 is 0 Å². The van der Waals surface area contributed by atoms with Crippen molar-refractivity contribution in [3.63, 3.8) is 0 Å². The van der Waals surface area contributed by atoms with E-state index in [1.807, 2.05) is 48.8 Å². The average molecular weight is 373 g/mol. The summed E-state index contributed by atoms with van der Waals surface area (Å²) in [6.45, 7) is 2.92. The highest BCUT2D eigenvalue weighted by molar-refractivity contribution is 5.95. The molecule has 4 aromatic rings. The van der Waals surface area contributed by atoms with E-state index < -0.39 is 5.82 Å². The average Bonchev–Trinajstić information content (AvgIpc) is 3.12. The molecule has 0 fully saturated rings. The standard InChI is InChI=1S/C23H20FN3O/c1-16-6-11-19(24)12-20(16)23(28)25-13-17-7-9-18(10-8-17)14-27-15-26-21-4-2-3-5-22(21)27/h2-12,15H,13-14H2,1H3,(H,25,28). The topological polar surface area (TPSA) is 46.9 Å². The van der Waals surface area contributed by atoms with Crippen LogP contribution in [0, 0.1) is 12.7 Å². The van der Waals surface area contributed by atoms with Crippen molar-refractivity contribution in [1.29, 1.82) is 0 Å². The minimum absolute atomic E-state index is 0.272. The number of para-hydroxylation sites is 2. The largest absolute Gasteiger partial charge is 0.348 e. The predicted molar refractivity (Wildman–Crippen MR) is 108 cm³/mol. The number of aromatic nitrogens is 2. The second-order valence-corrected chi connectivity index (χ2v) is 6.82. The third-order valence-corrected chi connectivity index (χ3v) is 4.80. The van der Waals surface area contributed by atoms with Gasteiger partial charge in [0.15, 0.2) is 0 Å². The van der Waals surface area contributed by atoms with Crippen molar-refractivity contribution >= 4 is 16.9 Å². The van der Waals surface area contributed by atoms with Crippen molar-refractivity contribution in [2.24, 2.45) is 0 Å². The lowest BCUT2D eigenvalue weighted by Gasteiger charge is -2.09. The summed E-state index contributed by atoms with van der Waals surface area (Å²) >= 11 is 0. The number of nitrogens with zero attached hydrogens (tertiary/aromatic N) is 2. The van der Waals surface area contributed by atoms with Crippen LogP contribution in [0.15, 0.2) is 73.1 Å². The summed E-state index contributed by atoms with van der Waals surface area (Å²) in [7, 11) is 0. The molecule has 0 aliphatic rings. The number of nitrogens with one attached hydrogen (secondary N) is 1. The molecule has 0 bridgehead atoms. The Hall–Kier alpha value is -3.47. The molecule has 0 atom stereocenters. The van der Waals surface area contributed by atoms with E-state index in [-0.39, 0.29) is 5.91 Å². The Kier molecular flexibility index (Phi) is 4.89. The molecule has 1 aromatic heterocycles. The molecule has 0 unspecified atom stereocenters. The van der Waals surface area contributed by atoms with Crippen LogP contribution < -0.4 is 5.32 Å². The first-order chi connectivity index (χ1) is 13.6. The van der Waals surface area contributed by atoms with Crippen molar-refractivity contribution in [2.45, 2.75) is 20.0 Å². The number of aryl methyl sites for hydroxylation is 1. The van der Waals surface area contributed by atoms with Crippen molar-refractivity contribution in [1.82, 2.24) is 14.9 Å². The second kappa shape index (κ2) is 7.64. The molecule has 3 aromatic carbocycles. The van der Waals surface area contributed by atoms with E-state index in [2.05, 4.69) is 20.9 Å². The van der Waals surface area contributed by atoms with Gasteiger partial charge in [0.05, 0.1) is 17.4 Å². The normalized spacial score (nSPS) is 10.9. The fourth-order valence-corrected chi connectivity index (χ4v) is 3.21. The van der Waals surface area contributed by atoms with Crippen LogP contribution in [0.4, 0.5) is 4.39 Å². The Labute approximate surface area is 162 Å². The van der Waals surface area contributed by atoms with Gasteiger partial charge in [-0.1, -0.05) is 42.5 Å². The van der Waals surface area contributed by atoms with Crippen LogP contribution in [-0.2, 0) is 13.1 Å². The van der Waals surface area contributed by atoms with E-state index in [0.717, 1.165) is 34.3 Å². The van der Waals surface area contributed by atoms with Gasteiger partial charge in [0.1, 0.15) is 5.82 Å². The van der Waals surface area contributed by atoms with Crippen LogP contribution in [-0.4, -0.2) is 15.5 Å². The fourth-order valence-electron chi connectivity index (χ4n) is 3.21. The predicted octanol–water partition coefficient (Wildman–Crippen LogP) is 4.46. The van der Waals surface area contributed by atoms with Crippen LogP contribution in [0.5, 0.6) is 0 Å². The van der Waals surface area contributed by atoms with Crippen molar-refractivity contribution in [3.8, 4) is 0 Å².